The molecule has 0 aliphatic rings. The second-order valence-corrected chi connectivity index (χ2v) is 3.63. The van der Waals surface area contributed by atoms with Crippen LogP contribution in [0.5, 0.6) is 0 Å². The van der Waals surface area contributed by atoms with Crippen LogP contribution in [0.4, 0.5) is 4.39 Å². The molecule has 1 heterocycles. The number of esters is 1. The number of benzene rings is 1. The Morgan fingerprint density at radius 1 is 1.17 bits per heavy atom. The Hall–Kier alpha value is -2.43. The van der Waals surface area contributed by atoms with Crippen LogP contribution in [0.1, 0.15) is 26.4 Å². The average Bonchev–Trinajstić information content (AvgIpc) is 2.87. The zero-order valence-corrected chi connectivity index (χ0v) is 9.57. The molecule has 1 N–H and O–H groups in total. The number of aromatic nitrogens is 1. The predicted octanol–water partition coefficient (Wildman–Crippen LogP) is 2.17. The van der Waals surface area contributed by atoms with Crippen molar-refractivity contribution in [2.75, 3.05) is 7.11 Å². The van der Waals surface area contributed by atoms with E-state index in [1.54, 1.807) is 0 Å². The van der Waals surface area contributed by atoms with Crippen molar-refractivity contribution in [3.05, 3.63) is 59.2 Å². The third kappa shape index (κ3) is 2.29. The van der Waals surface area contributed by atoms with E-state index in [0.717, 1.165) is 0 Å². The number of H-pyrrole nitrogens is 1. The SMILES string of the molecule is COC(=O)c1cc(C(=O)c2ccc(F)cc2)c[nH]1. The van der Waals surface area contributed by atoms with Crippen molar-refractivity contribution in [1.29, 1.82) is 0 Å². The molecule has 92 valence electrons. The molecule has 2 rings (SSSR count). The van der Waals surface area contributed by atoms with Crippen LogP contribution >= 0.6 is 0 Å². The number of hydrogen-bond donors (Lipinski definition) is 1. The fourth-order valence-electron chi connectivity index (χ4n) is 1.52. The summed E-state index contributed by atoms with van der Waals surface area (Å²) >= 11 is 0. The molecule has 0 aliphatic heterocycles. The van der Waals surface area contributed by atoms with E-state index in [4.69, 9.17) is 0 Å². The van der Waals surface area contributed by atoms with Gasteiger partial charge in [-0.25, -0.2) is 9.18 Å². The van der Waals surface area contributed by atoms with Crippen molar-refractivity contribution < 1.29 is 18.7 Å². The molecule has 0 atom stereocenters. The molecule has 0 amide bonds. The molecule has 0 bridgehead atoms. The van der Waals surface area contributed by atoms with Crippen LogP contribution in [-0.2, 0) is 4.74 Å². The molecule has 4 nitrogen and oxygen atoms in total. The van der Waals surface area contributed by atoms with Gasteiger partial charge in [0.1, 0.15) is 11.5 Å². The lowest BCUT2D eigenvalue weighted by Crippen LogP contribution is -2.02. The first kappa shape index (κ1) is 12.0. The summed E-state index contributed by atoms with van der Waals surface area (Å²) in [6.45, 7) is 0. The van der Waals surface area contributed by atoms with Gasteiger partial charge >= 0.3 is 5.97 Å². The van der Waals surface area contributed by atoms with E-state index >= 15 is 0 Å². The van der Waals surface area contributed by atoms with Crippen LogP contribution in [0.15, 0.2) is 36.5 Å². The third-order valence-electron chi connectivity index (χ3n) is 2.46. The number of carbonyl (C=O) groups is 2. The number of ketones is 1. The molecule has 0 saturated carbocycles. The average molecular weight is 247 g/mol. The Morgan fingerprint density at radius 3 is 2.44 bits per heavy atom. The Morgan fingerprint density at radius 2 is 1.83 bits per heavy atom. The molecule has 5 heteroatoms. The van der Waals surface area contributed by atoms with E-state index in [2.05, 4.69) is 9.72 Å². The number of halogens is 1. The maximum absolute atomic E-state index is 12.7. The van der Waals surface area contributed by atoms with E-state index < -0.39 is 11.8 Å². The van der Waals surface area contributed by atoms with E-state index in [0.29, 0.717) is 11.1 Å². The van der Waals surface area contributed by atoms with Gasteiger partial charge in [0.2, 0.25) is 0 Å². The van der Waals surface area contributed by atoms with Crippen molar-refractivity contribution in [3.63, 3.8) is 0 Å². The normalized spacial score (nSPS) is 10.1. The highest BCUT2D eigenvalue weighted by atomic mass is 19.1. The van der Waals surface area contributed by atoms with E-state index in [1.165, 1.54) is 43.6 Å². The Labute approximate surface area is 102 Å². The molecule has 0 unspecified atom stereocenters. The molecule has 18 heavy (non-hydrogen) atoms. The second-order valence-electron chi connectivity index (χ2n) is 3.63. The van der Waals surface area contributed by atoms with Crippen LogP contribution in [0, 0.1) is 5.82 Å². The smallest absolute Gasteiger partial charge is 0.354 e. The molecule has 1 aromatic heterocycles. The first-order valence-corrected chi connectivity index (χ1v) is 5.19. The van der Waals surface area contributed by atoms with Gasteiger partial charge in [-0.15, -0.1) is 0 Å². The summed E-state index contributed by atoms with van der Waals surface area (Å²) in [5.41, 5.74) is 0.872. The molecule has 0 fully saturated rings. The number of aromatic amines is 1. The number of nitrogens with one attached hydrogen (secondary N) is 1. The Bertz CT molecular complexity index is 587. The standard InChI is InChI=1S/C13H10FNO3/c1-18-13(17)11-6-9(7-15-11)12(16)8-2-4-10(14)5-3-8/h2-7,15H,1H3. The van der Waals surface area contributed by atoms with Crippen LogP contribution in [0.25, 0.3) is 0 Å². The van der Waals surface area contributed by atoms with Crippen LogP contribution in [-0.4, -0.2) is 23.8 Å². The molecule has 0 aliphatic carbocycles. The predicted molar refractivity (Wildman–Crippen MR) is 62.0 cm³/mol. The molecular weight excluding hydrogens is 237 g/mol. The van der Waals surface area contributed by atoms with Crippen LogP contribution in [0.2, 0.25) is 0 Å². The quantitative estimate of drug-likeness (QED) is 0.668. The number of hydrogen-bond acceptors (Lipinski definition) is 3. The summed E-state index contributed by atoms with van der Waals surface area (Å²) in [4.78, 5) is 25.9. The zero-order chi connectivity index (χ0) is 13.1. The first-order chi connectivity index (χ1) is 8.61. The summed E-state index contributed by atoms with van der Waals surface area (Å²) in [7, 11) is 1.25. The summed E-state index contributed by atoms with van der Waals surface area (Å²) in [5.74, 6) is -1.24. The monoisotopic (exact) mass is 247 g/mol. The lowest BCUT2D eigenvalue weighted by Gasteiger charge is -1.97. The van der Waals surface area contributed by atoms with Gasteiger partial charge in [-0.2, -0.15) is 0 Å². The van der Waals surface area contributed by atoms with Crippen LogP contribution < -0.4 is 0 Å². The highest BCUT2D eigenvalue weighted by molar-refractivity contribution is 6.09. The van der Waals surface area contributed by atoms with Crippen LogP contribution in [0.3, 0.4) is 0 Å². The summed E-state index contributed by atoms with van der Waals surface area (Å²) < 4.78 is 17.2. The first-order valence-electron chi connectivity index (χ1n) is 5.19. The van der Waals surface area contributed by atoms with Crippen molar-refractivity contribution in [2.24, 2.45) is 0 Å². The Kier molecular flexibility index (Phi) is 3.23. The largest absolute Gasteiger partial charge is 0.464 e. The fourth-order valence-corrected chi connectivity index (χ4v) is 1.52. The van der Waals surface area contributed by atoms with E-state index in [9.17, 15) is 14.0 Å². The number of carbonyl (C=O) groups excluding carboxylic acids is 2. The molecule has 1 aromatic carbocycles. The van der Waals surface area contributed by atoms with Gasteiger partial charge in [0.05, 0.1) is 7.11 Å². The minimum Gasteiger partial charge on any atom is -0.464 e. The van der Waals surface area contributed by atoms with Crippen molar-refractivity contribution in [3.8, 4) is 0 Å². The highest BCUT2D eigenvalue weighted by Crippen LogP contribution is 2.12. The molecule has 0 saturated heterocycles. The minimum atomic E-state index is -0.548. The maximum Gasteiger partial charge on any atom is 0.354 e. The fraction of sp³-hybridized carbons (Fsp3) is 0.0769. The van der Waals surface area contributed by atoms with Crippen molar-refractivity contribution in [2.45, 2.75) is 0 Å². The van der Waals surface area contributed by atoms with Gasteiger partial charge in [-0.05, 0) is 30.3 Å². The van der Waals surface area contributed by atoms with Gasteiger partial charge in [0, 0.05) is 17.3 Å². The van der Waals surface area contributed by atoms with Crippen molar-refractivity contribution in [1.82, 2.24) is 4.98 Å². The second kappa shape index (κ2) is 4.83. The lowest BCUT2D eigenvalue weighted by atomic mass is 10.1. The van der Waals surface area contributed by atoms with Gasteiger partial charge in [-0.1, -0.05) is 0 Å². The summed E-state index contributed by atoms with van der Waals surface area (Å²) in [5, 5.41) is 0. The number of ether oxygens (including phenoxy) is 1. The van der Waals surface area contributed by atoms with E-state index in [-0.39, 0.29) is 11.5 Å². The number of methoxy groups -OCH3 is 1. The molecule has 0 radical (unpaired) electrons. The van der Waals surface area contributed by atoms with Crippen molar-refractivity contribution >= 4 is 11.8 Å². The van der Waals surface area contributed by atoms with Gasteiger partial charge in [0.15, 0.2) is 5.78 Å². The molecular formula is C13H10FNO3. The maximum atomic E-state index is 12.7. The summed E-state index contributed by atoms with van der Waals surface area (Å²) in [6.07, 6.45) is 1.41. The topological polar surface area (TPSA) is 59.2 Å². The molecule has 0 spiro atoms. The highest BCUT2D eigenvalue weighted by Gasteiger charge is 2.14. The summed E-state index contributed by atoms with van der Waals surface area (Å²) in [6, 6.07) is 6.60. The van der Waals surface area contributed by atoms with Gasteiger partial charge in [-0.3, -0.25) is 4.79 Å². The minimum absolute atomic E-state index is 0.197. The molecule has 2 aromatic rings. The van der Waals surface area contributed by atoms with E-state index in [1.807, 2.05) is 0 Å². The Balaban J connectivity index is 2.26. The number of rotatable bonds is 3. The zero-order valence-electron chi connectivity index (χ0n) is 9.57. The van der Waals surface area contributed by atoms with Gasteiger partial charge < -0.3 is 9.72 Å². The third-order valence-corrected chi connectivity index (χ3v) is 2.46. The van der Waals surface area contributed by atoms with Gasteiger partial charge in [0.25, 0.3) is 0 Å². The lowest BCUT2D eigenvalue weighted by molar-refractivity contribution is 0.0595.